The lowest BCUT2D eigenvalue weighted by molar-refractivity contribution is 0.0974. The Morgan fingerprint density at radius 3 is 2.50 bits per heavy atom. The number of rotatable bonds is 4. The molecule has 0 aliphatic carbocycles. The van der Waals surface area contributed by atoms with Crippen LogP contribution in [0.25, 0.3) is 0 Å². The lowest BCUT2D eigenvalue weighted by Gasteiger charge is -2.13. The SMILES string of the molecule is CCOc1ccccc1C(=O)NC(=S)Nc1cc(Cl)c(Cl)cc1Cl. The molecule has 0 fully saturated rings. The van der Waals surface area contributed by atoms with Gasteiger partial charge in [0.05, 0.1) is 32.9 Å². The monoisotopic (exact) mass is 402 g/mol. The van der Waals surface area contributed by atoms with Crippen LogP contribution in [0.5, 0.6) is 5.75 Å². The first-order valence-electron chi connectivity index (χ1n) is 6.91. The summed E-state index contributed by atoms with van der Waals surface area (Å²) in [6.45, 7) is 2.29. The third kappa shape index (κ3) is 4.74. The minimum Gasteiger partial charge on any atom is -0.493 e. The van der Waals surface area contributed by atoms with Gasteiger partial charge in [0.1, 0.15) is 5.75 Å². The number of carbonyl (C=O) groups is 1. The molecule has 0 radical (unpaired) electrons. The van der Waals surface area contributed by atoms with Crippen LogP contribution in [0.1, 0.15) is 17.3 Å². The predicted molar refractivity (Wildman–Crippen MR) is 103 cm³/mol. The predicted octanol–water partition coefficient (Wildman–Crippen LogP) is 5.17. The highest BCUT2D eigenvalue weighted by molar-refractivity contribution is 7.80. The van der Waals surface area contributed by atoms with Gasteiger partial charge in [-0.3, -0.25) is 10.1 Å². The molecule has 0 aromatic heterocycles. The molecule has 1 amide bonds. The molecule has 0 saturated carbocycles. The van der Waals surface area contributed by atoms with Gasteiger partial charge in [0, 0.05) is 0 Å². The van der Waals surface area contributed by atoms with Crippen LogP contribution in [0.4, 0.5) is 5.69 Å². The van der Waals surface area contributed by atoms with Crippen LogP contribution in [0.3, 0.4) is 0 Å². The smallest absolute Gasteiger partial charge is 0.261 e. The van der Waals surface area contributed by atoms with Crippen LogP contribution >= 0.6 is 47.0 Å². The van der Waals surface area contributed by atoms with Crippen LogP contribution < -0.4 is 15.4 Å². The fourth-order valence-electron chi connectivity index (χ4n) is 1.88. The Balaban J connectivity index is 2.10. The zero-order valence-electron chi connectivity index (χ0n) is 12.5. The second-order valence-electron chi connectivity index (χ2n) is 4.58. The van der Waals surface area contributed by atoms with Crippen LogP contribution in [-0.4, -0.2) is 17.6 Å². The molecule has 24 heavy (non-hydrogen) atoms. The van der Waals surface area contributed by atoms with Crippen LogP contribution in [-0.2, 0) is 0 Å². The third-order valence-electron chi connectivity index (χ3n) is 2.92. The van der Waals surface area contributed by atoms with E-state index < -0.39 is 5.91 Å². The largest absolute Gasteiger partial charge is 0.493 e. The molecule has 0 atom stereocenters. The van der Waals surface area contributed by atoms with Crippen LogP contribution in [0.2, 0.25) is 15.1 Å². The average molecular weight is 404 g/mol. The highest BCUT2D eigenvalue weighted by Gasteiger charge is 2.14. The van der Waals surface area contributed by atoms with Gasteiger partial charge in [0.2, 0.25) is 0 Å². The average Bonchev–Trinajstić information content (AvgIpc) is 2.53. The van der Waals surface area contributed by atoms with Crippen molar-refractivity contribution in [3.05, 3.63) is 57.0 Å². The molecule has 4 nitrogen and oxygen atoms in total. The number of nitrogens with one attached hydrogen (secondary N) is 2. The van der Waals surface area contributed by atoms with E-state index >= 15 is 0 Å². The molecular weight excluding hydrogens is 391 g/mol. The van der Waals surface area contributed by atoms with E-state index in [1.54, 1.807) is 24.3 Å². The van der Waals surface area contributed by atoms with E-state index in [-0.39, 0.29) is 5.11 Å². The minimum absolute atomic E-state index is 0.0755. The van der Waals surface area contributed by atoms with E-state index in [9.17, 15) is 4.79 Å². The number of halogens is 3. The maximum Gasteiger partial charge on any atom is 0.261 e. The molecule has 0 spiro atoms. The first kappa shape index (κ1) is 18.8. The second-order valence-corrected chi connectivity index (χ2v) is 6.21. The molecule has 0 aliphatic rings. The summed E-state index contributed by atoms with van der Waals surface area (Å²) in [6, 6.07) is 9.90. The molecule has 0 saturated heterocycles. The zero-order valence-corrected chi connectivity index (χ0v) is 15.6. The van der Waals surface area contributed by atoms with Crippen molar-refractivity contribution in [1.82, 2.24) is 5.32 Å². The molecule has 126 valence electrons. The Morgan fingerprint density at radius 1 is 1.12 bits per heavy atom. The molecular formula is C16H13Cl3N2O2S. The van der Waals surface area contributed by atoms with Gasteiger partial charge in [0.25, 0.3) is 5.91 Å². The van der Waals surface area contributed by atoms with Gasteiger partial charge >= 0.3 is 0 Å². The van der Waals surface area contributed by atoms with Gasteiger partial charge in [-0.2, -0.15) is 0 Å². The zero-order chi connectivity index (χ0) is 17.7. The Hall–Kier alpha value is -1.53. The maximum absolute atomic E-state index is 12.3. The molecule has 0 bridgehead atoms. The molecule has 0 aliphatic heterocycles. The summed E-state index contributed by atoms with van der Waals surface area (Å²) >= 11 is 23.0. The number of carbonyl (C=O) groups excluding carboxylic acids is 1. The quantitative estimate of drug-likeness (QED) is 0.546. The fourth-order valence-corrected chi connectivity index (χ4v) is 2.67. The summed E-state index contributed by atoms with van der Waals surface area (Å²) < 4.78 is 5.43. The number of para-hydroxylation sites is 1. The van der Waals surface area contributed by atoms with Gasteiger partial charge in [-0.1, -0.05) is 46.9 Å². The Bertz CT molecular complexity index is 784. The first-order chi connectivity index (χ1) is 11.4. The number of thiocarbonyl (C=S) groups is 1. The fraction of sp³-hybridized carbons (Fsp3) is 0.125. The van der Waals surface area contributed by atoms with E-state index in [0.29, 0.717) is 38.7 Å². The third-order valence-corrected chi connectivity index (χ3v) is 4.16. The van der Waals surface area contributed by atoms with Crippen molar-refractivity contribution in [2.75, 3.05) is 11.9 Å². The lowest BCUT2D eigenvalue weighted by Crippen LogP contribution is -2.34. The van der Waals surface area contributed by atoms with E-state index in [0.717, 1.165) is 0 Å². The van der Waals surface area contributed by atoms with Crippen molar-refractivity contribution >= 4 is 63.7 Å². The van der Waals surface area contributed by atoms with Crippen molar-refractivity contribution < 1.29 is 9.53 Å². The Labute approximate surface area is 160 Å². The summed E-state index contributed by atoms with van der Waals surface area (Å²) in [7, 11) is 0. The Kier molecular flexibility index (Phi) is 6.69. The normalized spacial score (nSPS) is 10.2. The Morgan fingerprint density at radius 2 is 1.79 bits per heavy atom. The number of ether oxygens (including phenoxy) is 1. The summed E-state index contributed by atoms with van der Waals surface area (Å²) in [6.07, 6.45) is 0. The summed E-state index contributed by atoms with van der Waals surface area (Å²) in [5.41, 5.74) is 0.818. The van der Waals surface area contributed by atoms with Crippen molar-refractivity contribution in [3.8, 4) is 5.75 Å². The van der Waals surface area contributed by atoms with Crippen LogP contribution in [0.15, 0.2) is 36.4 Å². The van der Waals surface area contributed by atoms with E-state index in [4.69, 9.17) is 51.8 Å². The van der Waals surface area contributed by atoms with Gasteiger partial charge in [-0.25, -0.2) is 0 Å². The molecule has 8 heteroatoms. The second kappa shape index (κ2) is 8.53. The number of benzene rings is 2. The molecule has 2 N–H and O–H groups in total. The number of anilines is 1. The van der Waals surface area contributed by atoms with Gasteiger partial charge in [0.15, 0.2) is 5.11 Å². The first-order valence-corrected chi connectivity index (χ1v) is 8.45. The number of amides is 1. The summed E-state index contributed by atoms with van der Waals surface area (Å²) in [5.74, 6) is 0.0839. The van der Waals surface area contributed by atoms with E-state index in [1.165, 1.54) is 12.1 Å². The van der Waals surface area contributed by atoms with Crippen LogP contribution in [0, 0.1) is 0 Å². The number of hydrogen-bond acceptors (Lipinski definition) is 3. The van der Waals surface area contributed by atoms with Gasteiger partial charge < -0.3 is 10.1 Å². The van der Waals surface area contributed by atoms with E-state index in [2.05, 4.69) is 10.6 Å². The molecule has 2 aromatic rings. The molecule has 2 aromatic carbocycles. The lowest BCUT2D eigenvalue weighted by atomic mass is 10.2. The van der Waals surface area contributed by atoms with Crippen molar-refractivity contribution in [2.45, 2.75) is 6.92 Å². The highest BCUT2D eigenvalue weighted by atomic mass is 35.5. The summed E-state index contributed by atoms with van der Waals surface area (Å²) in [5, 5.41) is 6.44. The summed E-state index contributed by atoms with van der Waals surface area (Å²) in [4.78, 5) is 12.3. The maximum atomic E-state index is 12.3. The van der Waals surface area contributed by atoms with E-state index in [1.807, 2.05) is 6.92 Å². The van der Waals surface area contributed by atoms with Gasteiger partial charge in [-0.15, -0.1) is 0 Å². The molecule has 2 rings (SSSR count). The molecule has 0 unspecified atom stereocenters. The van der Waals surface area contributed by atoms with Crippen molar-refractivity contribution in [1.29, 1.82) is 0 Å². The standard InChI is InChI=1S/C16H13Cl3N2O2S/c1-2-23-14-6-4-3-5-9(14)15(22)21-16(24)20-13-8-11(18)10(17)7-12(13)19/h3-8H,2H2,1H3,(H2,20,21,22,24). The topological polar surface area (TPSA) is 50.4 Å². The van der Waals surface area contributed by atoms with Gasteiger partial charge in [-0.05, 0) is 43.4 Å². The highest BCUT2D eigenvalue weighted by Crippen LogP contribution is 2.32. The van der Waals surface area contributed by atoms with Crippen molar-refractivity contribution in [2.24, 2.45) is 0 Å². The minimum atomic E-state index is -0.396. The van der Waals surface area contributed by atoms with Crippen molar-refractivity contribution in [3.63, 3.8) is 0 Å². The number of hydrogen-bond donors (Lipinski definition) is 2. The molecule has 0 heterocycles.